The lowest BCUT2D eigenvalue weighted by atomic mass is 10.2. The van der Waals surface area contributed by atoms with Crippen molar-refractivity contribution in [2.75, 3.05) is 10.6 Å². The standard InChI is InChI=1S/C21H24N4O/c1-3-16(2)24-20-13-21(23-15-22-20)25-18-9-11-19(12-10-18)26-14-17-7-5-4-6-8-17/h4-13,15-16H,3,14H2,1-2H3,(H2,22,23,24,25). The summed E-state index contributed by atoms with van der Waals surface area (Å²) in [5.41, 5.74) is 2.10. The van der Waals surface area contributed by atoms with Crippen LogP contribution in [0.3, 0.4) is 0 Å². The zero-order chi connectivity index (χ0) is 18.2. The summed E-state index contributed by atoms with van der Waals surface area (Å²) in [5, 5.41) is 6.64. The molecule has 2 N–H and O–H groups in total. The molecule has 0 fully saturated rings. The van der Waals surface area contributed by atoms with Crippen molar-refractivity contribution < 1.29 is 4.74 Å². The molecule has 0 radical (unpaired) electrons. The van der Waals surface area contributed by atoms with Gasteiger partial charge in [-0.2, -0.15) is 0 Å². The first-order chi connectivity index (χ1) is 12.7. The van der Waals surface area contributed by atoms with Gasteiger partial charge in [-0.3, -0.25) is 0 Å². The minimum absolute atomic E-state index is 0.374. The molecule has 1 aromatic heterocycles. The van der Waals surface area contributed by atoms with E-state index >= 15 is 0 Å². The summed E-state index contributed by atoms with van der Waals surface area (Å²) in [7, 11) is 0. The van der Waals surface area contributed by atoms with Gasteiger partial charge in [0, 0.05) is 17.8 Å². The van der Waals surface area contributed by atoms with Crippen molar-refractivity contribution in [1.82, 2.24) is 9.97 Å². The molecule has 26 heavy (non-hydrogen) atoms. The molecule has 0 aliphatic rings. The lowest BCUT2D eigenvalue weighted by Gasteiger charge is -2.13. The Morgan fingerprint density at radius 3 is 2.42 bits per heavy atom. The van der Waals surface area contributed by atoms with Gasteiger partial charge in [0.2, 0.25) is 0 Å². The van der Waals surface area contributed by atoms with Gasteiger partial charge in [0.05, 0.1) is 0 Å². The van der Waals surface area contributed by atoms with E-state index in [0.29, 0.717) is 12.6 Å². The summed E-state index contributed by atoms with van der Waals surface area (Å²) in [5.74, 6) is 2.41. The molecular weight excluding hydrogens is 324 g/mol. The predicted molar refractivity (Wildman–Crippen MR) is 106 cm³/mol. The lowest BCUT2D eigenvalue weighted by Crippen LogP contribution is -2.14. The fourth-order valence-electron chi connectivity index (χ4n) is 2.38. The molecule has 134 valence electrons. The second-order valence-electron chi connectivity index (χ2n) is 6.17. The number of aromatic nitrogens is 2. The van der Waals surface area contributed by atoms with E-state index in [1.807, 2.05) is 48.5 Å². The summed E-state index contributed by atoms with van der Waals surface area (Å²) >= 11 is 0. The van der Waals surface area contributed by atoms with Crippen LogP contribution in [0.2, 0.25) is 0 Å². The van der Waals surface area contributed by atoms with Crippen molar-refractivity contribution in [1.29, 1.82) is 0 Å². The fraction of sp³-hybridized carbons (Fsp3) is 0.238. The monoisotopic (exact) mass is 348 g/mol. The predicted octanol–water partition coefficient (Wildman–Crippen LogP) is 5.01. The Morgan fingerprint density at radius 2 is 1.69 bits per heavy atom. The van der Waals surface area contributed by atoms with E-state index in [9.17, 15) is 0 Å². The summed E-state index contributed by atoms with van der Waals surface area (Å²) < 4.78 is 5.81. The van der Waals surface area contributed by atoms with E-state index in [1.54, 1.807) is 6.33 Å². The van der Waals surface area contributed by atoms with Gasteiger partial charge in [0.15, 0.2) is 0 Å². The molecule has 1 unspecified atom stereocenters. The van der Waals surface area contributed by atoms with Crippen LogP contribution in [-0.2, 0) is 6.61 Å². The first-order valence-electron chi connectivity index (χ1n) is 8.85. The minimum Gasteiger partial charge on any atom is -0.489 e. The number of rotatable bonds is 8. The number of hydrogen-bond donors (Lipinski definition) is 2. The van der Waals surface area contributed by atoms with E-state index in [1.165, 1.54) is 0 Å². The van der Waals surface area contributed by atoms with Crippen LogP contribution >= 0.6 is 0 Å². The Morgan fingerprint density at radius 1 is 0.962 bits per heavy atom. The van der Waals surface area contributed by atoms with Gasteiger partial charge in [0.25, 0.3) is 0 Å². The van der Waals surface area contributed by atoms with Gasteiger partial charge in [0.1, 0.15) is 30.3 Å². The quantitative estimate of drug-likeness (QED) is 0.599. The maximum Gasteiger partial charge on any atom is 0.135 e. The summed E-state index contributed by atoms with van der Waals surface area (Å²) in [4.78, 5) is 8.53. The molecule has 0 amide bonds. The normalized spacial score (nSPS) is 11.6. The molecule has 0 spiro atoms. The SMILES string of the molecule is CCC(C)Nc1cc(Nc2ccc(OCc3ccccc3)cc2)ncn1. The minimum atomic E-state index is 0.374. The fourth-order valence-corrected chi connectivity index (χ4v) is 2.38. The largest absolute Gasteiger partial charge is 0.489 e. The first kappa shape index (κ1) is 17.7. The molecule has 1 atom stereocenters. The Labute approximate surface area is 154 Å². The average Bonchev–Trinajstić information content (AvgIpc) is 2.68. The highest BCUT2D eigenvalue weighted by molar-refractivity contribution is 5.59. The molecule has 3 aromatic rings. The van der Waals surface area contributed by atoms with Crippen molar-refractivity contribution in [3.63, 3.8) is 0 Å². The molecule has 0 saturated heterocycles. The van der Waals surface area contributed by atoms with E-state index in [4.69, 9.17) is 4.74 Å². The number of nitrogens with one attached hydrogen (secondary N) is 2. The zero-order valence-corrected chi connectivity index (χ0v) is 15.1. The van der Waals surface area contributed by atoms with Gasteiger partial charge in [-0.1, -0.05) is 37.3 Å². The average molecular weight is 348 g/mol. The number of anilines is 3. The van der Waals surface area contributed by atoms with Crippen LogP contribution in [0, 0.1) is 0 Å². The van der Waals surface area contributed by atoms with Crippen molar-refractivity contribution in [3.8, 4) is 5.75 Å². The summed E-state index contributed by atoms with van der Waals surface area (Å²) in [6.07, 6.45) is 2.60. The van der Waals surface area contributed by atoms with Crippen LogP contribution in [0.4, 0.5) is 17.3 Å². The molecule has 0 aliphatic carbocycles. The number of ether oxygens (including phenoxy) is 1. The second-order valence-corrected chi connectivity index (χ2v) is 6.17. The van der Waals surface area contributed by atoms with E-state index in [-0.39, 0.29) is 0 Å². The van der Waals surface area contributed by atoms with Gasteiger partial charge in [-0.05, 0) is 43.2 Å². The Balaban J connectivity index is 1.58. The van der Waals surface area contributed by atoms with Gasteiger partial charge in [-0.15, -0.1) is 0 Å². The molecule has 3 rings (SSSR count). The van der Waals surface area contributed by atoms with E-state index < -0.39 is 0 Å². The smallest absolute Gasteiger partial charge is 0.135 e. The van der Waals surface area contributed by atoms with E-state index in [0.717, 1.165) is 35.1 Å². The molecule has 0 saturated carbocycles. The first-order valence-corrected chi connectivity index (χ1v) is 8.85. The molecule has 0 aliphatic heterocycles. The van der Waals surface area contributed by atoms with Crippen LogP contribution in [0.1, 0.15) is 25.8 Å². The summed E-state index contributed by atoms with van der Waals surface area (Å²) in [6, 6.07) is 20.3. The van der Waals surface area contributed by atoms with E-state index in [2.05, 4.69) is 46.6 Å². The second kappa shape index (κ2) is 8.85. The highest BCUT2D eigenvalue weighted by Crippen LogP contribution is 2.21. The Bertz CT molecular complexity index is 806. The maximum atomic E-state index is 5.81. The van der Waals surface area contributed by atoms with Crippen LogP contribution in [-0.4, -0.2) is 16.0 Å². The molecule has 1 heterocycles. The van der Waals surface area contributed by atoms with Crippen molar-refractivity contribution >= 4 is 17.3 Å². The molecule has 0 bridgehead atoms. The third-order valence-corrected chi connectivity index (χ3v) is 4.05. The van der Waals surface area contributed by atoms with Gasteiger partial charge < -0.3 is 15.4 Å². The number of hydrogen-bond acceptors (Lipinski definition) is 5. The highest BCUT2D eigenvalue weighted by atomic mass is 16.5. The molecule has 2 aromatic carbocycles. The van der Waals surface area contributed by atoms with Crippen molar-refractivity contribution in [2.45, 2.75) is 32.9 Å². The topological polar surface area (TPSA) is 59.1 Å². The molecule has 5 nitrogen and oxygen atoms in total. The lowest BCUT2D eigenvalue weighted by molar-refractivity contribution is 0.306. The maximum absolute atomic E-state index is 5.81. The van der Waals surface area contributed by atoms with Crippen molar-refractivity contribution in [2.24, 2.45) is 0 Å². The van der Waals surface area contributed by atoms with Crippen LogP contribution in [0.15, 0.2) is 67.0 Å². The van der Waals surface area contributed by atoms with Gasteiger partial charge in [-0.25, -0.2) is 9.97 Å². The highest BCUT2D eigenvalue weighted by Gasteiger charge is 2.03. The van der Waals surface area contributed by atoms with Crippen molar-refractivity contribution in [3.05, 3.63) is 72.6 Å². The van der Waals surface area contributed by atoms with Crippen LogP contribution < -0.4 is 15.4 Å². The Kier molecular flexibility index (Phi) is 6.04. The molecular formula is C21H24N4O. The Hall–Kier alpha value is -3.08. The molecule has 5 heteroatoms. The third kappa shape index (κ3) is 5.21. The van der Waals surface area contributed by atoms with Gasteiger partial charge >= 0.3 is 0 Å². The number of nitrogens with zero attached hydrogens (tertiary/aromatic N) is 2. The zero-order valence-electron chi connectivity index (χ0n) is 15.1. The number of benzene rings is 2. The van der Waals surface area contributed by atoms with Crippen LogP contribution in [0.25, 0.3) is 0 Å². The van der Waals surface area contributed by atoms with Crippen LogP contribution in [0.5, 0.6) is 5.75 Å². The summed E-state index contributed by atoms with van der Waals surface area (Å²) in [6.45, 7) is 4.83. The third-order valence-electron chi connectivity index (χ3n) is 4.05.